The van der Waals surface area contributed by atoms with Crippen LogP contribution in [0.3, 0.4) is 0 Å². The fraction of sp³-hybridized carbons (Fsp3) is 0.300. The number of pyridine rings is 1. The molecule has 3 heterocycles. The number of rotatable bonds is 4. The summed E-state index contributed by atoms with van der Waals surface area (Å²) in [5.41, 5.74) is 0.847. The zero-order valence-electron chi connectivity index (χ0n) is 15.0. The molecule has 27 heavy (non-hydrogen) atoms. The average Bonchev–Trinajstić information content (AvgIpc) is 2.73. The molecule has 0 radical (unpaired) electrons. The van der Waals surface area contributed by atoms with Gasteiger partial charge in [0, 0.05) is 56.8 Å². The summed E-state index contributed by atoms with van der Waals surface area (Å²) in [6.45, 7) is 3.19. The van der Waals surface area contributed by atoms with Crippen LogP contribution in [0.5, 0.6) is 0 Å². The highest BCUT2D eigenvalue weighted by Gasteiger charge is 2.22. The van der Waals surface area contributed by atoms with E-state index >= 15 is 0 Å². The summed E-state index contributed by atoms with van der Waals surface area (Å²) in [7, 11) is 0. The zero-order chi connectivity index (χ0) is 18.6. The molecule has 0 spiro atoms. The summed E-state index contributed by atoms with van der Waals surface area (Å²) < 4.78 is 1.57. The standard InChI is InChI=1S/C20H21N5O2/c26-18-7-3-4-9-23(18)10-8-19(27)24-11-13-25(14-12-24)20-16-5-1-2-6-17(16)21-15-22-20/h1-7,9,15H,8,10-14H2. The molecule has 4 rings (SSSR count). The number of anilines is 1. The number of fused-ring (bicyclic) bond motifs is 1. The normalized spacial score (nSPS) is 14.5. The molecule has 1 saturated heterocycles. The van der Waals surface area contributed by atoms with E-state index in [1.165, 1.54) is 6.07 Å². The Morgan fingerprint density at radius 1 is 0.963 bits per heavy atom. The second kappa shape index (κ2) is 7.57. The van der Waals surface area contributed by atoms with E-state index in [0.29, 0.717) is 26.1 Å². The Morgan fingerprint density at radius 3 is 2.56 bits per heavy atom. The third-order valence-corrected chi connectivity index (χ3v) is 4.92. The van der Waals surface area contributed by atoms with Crippen LogP contribution in [0.4, 0.5) is 5.82 Å². The molecule has 1 aliphatic heterocycles. The number of amides is 1. The second-order valence-electron chi connectivity index (χ2n) is 6.56. The third kappa shape index (κ3) is 3.67. The summed E-state index contributed by atoms with van der Waals surface area (Å²) >= 11 is 0. The van der Waals surface area contributed by atoms with Crippen molar-refractivity contribution < 1.29 is 4.79 Å². The number of aryl methyl sites for hydroxylation is 1. The highest BCUT2D eigenvalue weighted by molar-refractivity contribution is 5.89. The number of para-hydroxylation sites is 1. The molecule has 0 unspecified atom stereocenters. The first-order valence-electron chi connectivity index (χ1n) is 9.10. The topological polar surface area (TPSA) is 71.3 Å². The highest BCUT2D eigenvalue weighted by Crippen LogP contribution is 2.23. The van der Waals surface area contributed by atoms with Crippen molar-refractivity contribution in [2.45, 2.75) is 13.0 Å². The van der Waals surface area contributed by atoms with Crippen LogP contribution in [-0.4, -0.2) is 51.5 Å². The summed E-state index contributed by atoms with van der Waals surface area (Å²) in [5.74, 6) is 1.00. The second-order valence-corrected chi connectivity index (χ2v) is 6.56. The van der Waals surface area contributed by atoms with Crippen molar-refractivity contribution in [2.75, 3.05) is 31.1 Å². The van der Waals surface area contributed by atoms with Crippen LogP contribution in [0.25, 0.3) is 10.9 Å². The number of nitrogens with zero attached hydrogens (tertiary/aromatic N) is 5. The lowest BCUT2D eigenvalue weighted by Crippen LogP contribution is -2.49. The Balaban J connectivity index is 1.38. The van der Waals surface area contributed by atoms with E-state index in [1.54, 1.807) is 29.2 Å². The predicted molar refractivity (Wildman–Crippen MR) is 104 cm³/mol. The van der Waals surface area contributed by atoms with Gasteiger partial charge in [-0.2, -0.15) is 0 Å². The Hall–Kier alpha value is -3.22. The summed E-state index contributed by atoms with van der Waals surface area (Å²) in [5, 5.41) is 1.03. The van der Waals surface area contributed by atoms with Crippen LogP contribution in [0, 0.1) is 0 Å². The van der Waals surface area contributed by atoms with Crippen molar-refractivity contribution in [1.82, 2.24) is 19.4 Å². The molecule has 1 aromatic carbocycles. The van der Waals surface area contributed by atoms with E-state index in [1.807, 2.05) is 29.2 Å². The van der Waals surface area contributed by atoms with E-state index in [0.717, 1.165) is 29.8 Å². The van der Waals surface area contributed by atoms with Crippen molar-refractivity contribution in [2.24, 2.45) is 0 Å². The lowest BCUT2D eigenvalue weighted by atomic mass is 10.2. The average molecular weight is 363 g/mol. The summed E-state index contributed by atoms with van der Waals surface area (Å²) in [6.07, 6.45) is 3.64. The molecule has 2 aromatic heterocycles. The van der Waals surface area contributed by atoms with Crippen LogP contribution < -0.4 is 10.5 Å². The van der Waals surface area contributed by atoms with E-state index in [2.05, 4.69) is 14.9 Å². The fourth-order valence-electron chi connectivity index (χ4n) is 3.43. The smallest absolute Gasteiger partial charge is 0.250 e. The van der Waals surface area contributed by atoms with Gasteiger partial charge >= 0.3 is 0 Å². The fourth-order valence-corrected chi connectivity index (χ4v) is 3.43. The van der Waals surface area contributed by atoms with Crippen LogP contribution in [0.1, 0.15) is 6.42 Å². The minimum atomic E-state index is -0.0780. The van der Waals surface area contributed by atoms with E-state index in [9.17, 15) is 9.59 Å². The summed E-state index contributed by atoms with van der Waals surface area (Å²) in [4.78, 5) is 37.1. The first-order valence-corrected chi connectivity index (χ1v) is 9.10. The molecule has 138 valence electrons. The van der Waals surface area contributed by atoms with Gasteiger partial charge in [0.15, 0.2) is 0 Å². The van der Waals surface area contributed by atoms with Gasteiger partial charge in [-0.15, -0.1) is 0 Å². The molecule has 7 nitrogen and oxygen atoms in total. The molecule has 0 saturated carbocycles. The zero-order valence-corrected chi connectivity index (χ0v) is 15.0. The number of piperazine rings is 1. The van der Waals surface area contributed by atoms with Gasteiger partial charge in [-0.3, -0.25) is 9.59 Å². The Morgan fingerprint density at radius 2 is 1.74 bits per heavy atom. The Kier molecular flexibility index (Phi) is 4.82. The lowest BCUT2D eigenvalue weighted by Gasteiger charge is -2.35. The van der Waals surface area contributed by atoms with Gasteiger partial charge in [0.25, 0.3) is 5.56 Å². The molecule has 7 heteroatoms. The summed E-state index contributed by atoms with van der Waals surface area (Å²) in [6, 6.07) is 13.0. The van der Waals surface area contributed by atoms with Crippen LogP contribution in [0.15, 0.2) is 59.8 Å². The quantitative estimate of drug-likeness (QED) is 0.703. The van der Waals surface area contributed by atoms with Crippen molar-refractivity contribution >= 4 is 22.6 Å². The van der Waals surface area contributed by atoms with Crippen molar-refractivity contribution in [3.8, 4) is 0 Å². The maximum absolute atomic E-state index is 12.5. The Bertz CT molecular complexity index is 1000. The Labute approximate surface area is 156 Å². The molecule has 0 aliphatic carbocycles. The van der Waals surface area contributed by atoms with Crippen LogP contribution in [-0.2, 0) is 11.3 Å². The molecule has 1 fully saturated rings. The minimum absolute atomic E-state index is 0.0780. The number of carbonyl (C=O) groups is 1. The predicted octanol–water partition coefficient (Wildman–Crippen LogP) is 1.53. The van der Waals surface area contributed by atoms with Crippen molar-refractivity contribution in [1.29, 1.82) is 0 Å². The monoisotopic (exact) mass is 363 g/mol. The molecule has 3 aromatic rings. The van der Waals surface area contributed by atoms with Crippen molar-refractivity contribution in [3.05, 3.63) is 65.3 Å². The lowest BCUT2D eigenvalue weighted by molar-refractivity contribution is -0.131. The first-order chi connectivity index (χ1) is 13.2. The van der Waals surface area contributed by atoms with E-state index < -0.39 is 0 Å². The third-order valence-electron chi connectivity index (χ3n) is 4.92. The molecule has 0 atom stereocenters. The largest absolute Gasteiger partial charge is 0.352 e. The minimum Gasteiger partial charge on any atom is -0.352 e. The van der Waals surface area contributed by atoms with Gasteiger partial charge in [-0.1, -0.05) is 18.2 Å². The number of hydrogen-bond donors (Lipinski definition) is 0. The number of benzene rings is 1. The molecule has 0 N–H and O–H groups in total. The number of aromatic nitrogens is 3. The van der Waals surface area contributed by atoms with E-state index in [4.69, 9.17) is 0 Å². The molecule has 1 amide bonds. The van der Waals surface area contributed by atoms with Gasteiger partial charge < -0.3 is 14.4 Å². The maximum Gasteiger partial charge on any atom is 0.250 e. The van der Waals surface area contributed by atoms with Gasteiger partial charge in [0.05, 0.1) is 5.52 Å². The molecule has 0 bridgehead atoms. The van der Waals surface area contributed by atoms with E-state index in [-0.39, 0.29) is 11.5 Å². The highest BCUT2D eigenvalue weighted by atomic mass is 16.2. The van der Waals surface area contributed by atoms with Gasteiger partial charge in [-0.25, -0.2) is 9.97 Å². The maximum atomic E-state index is 12.5. The molecular weight excluding hydrogens is 342 g/mol. The number of carbonyl (C=O) groups excluding carboxylic acids is 1. The molecular formula is C20H21N5O2. The van der Waals surface area contributed by atoms with Gasteiger partial charge in [-0.05, 0) is 18.2 Å². The number of hydrogen-bond acceptors (Lipinski definition) is 5. The first kappa shape index (κ1) is 17.2. The van der Waals surface area contributed by atoms with Crippen molar-refractivity contribution in [3.63, 3.8) is 0 Å². The van der Waals surface area contributed by atoms with Crippen LogP contribution >= 0.6 is 0 Å². The van der Waals surface area contributed by atoms with Gasteiger partial charge in [0.2, 0.25) is 5.91 Å². The van der Waals surface area contributed by atoms with Gasteiger partial charge in [0.1, 0.15) is 12.1 Å². The van der Waals surface area contributed by atoms with Crippen LogP contribution in [0.2, 0.25) is 0 Å². The molecule has 1 aliphatic rings. The SMILES string of the molecule is O=C(CCn1ccccc1=O)N1CCN(c2ncnc3ccccc23)CC1.